The Morgan fingerprint density at radius 2 is 2.06 bits per heavy atom. The third-order valence-corrected chi connectivity index (χ3v) is 3.33. The summed E-state index contributed by atoms with van der Waals surface area (Å²) in [6.45, 7) is 4.92. The zero-order valence-corrected chi connectivity index (χ0v) is 10.8. The summed E-state index contributed by atoms with van der Waals surface area (Å²) in [5.74, 6) is 0. The molecule has 1 heterocycles. The van der Waals surface area contributed by atoms with Crippen LogP contribution in [0.15, 0.2) is 43.1 Å². The quantitative estimate of drug-likeness (QED) is 0.579. The number of nitrogens with zero attached hydrogens (tertiary/aromatic N) is 1. The number of benzene rings is 1. The lowest BCUT2D eigenvalue weighted by Gasteiger charge is -2.05. The first-order valence-electron chi connectivity index (χ1n) is 6.64. The molecule has 1 aromatic heterocycles. The summed E-state index contributed by atoms with van der Waals surface area (Å²) in [6.07, 6.45) is 8.93. The van der Waals surface area contributed by atoms with Crippen LogP contribution in [-0.4, -0.2) is 9.67 Å². The molecule has 0 spiro atoms. The van der Waals surface area contributed by atoms with E-state index in [1.54, 1.807) is 0 Å². The van der Waals surface area contributed by atoms with E-state index in [4.69, 9.17) is 5.11 Å². The first-order valence-corrected chi connectivity index (χ1v) is 6.64. The Kier molecular flexibility index (Phi) is 4.59. The lowest BCUT2D eigenvalue weighted by atomic mass is 10.1. The van der Waals surface area contributed by atoms with Crippen molar-refractivity contribution in [1.82, 2.24) is 4.57 Å². The second-order valence-corrected chi connectivity index (χ2v) is 4.70. The molecule has 2 rings (SSSR count). The first-order chi connectivity index (χ1) is 8.85. The molecule has 0 bridgehead atoms. The van der Waals surface area contributed by atoms with Crippen LogP contribution in [0.2, 0.25) is 0 Å². The van der Waals surface area contributed by atoms with Gasteiger partial charge in [0.05, 0.1) is 6.61 Å². The van der Waals surface area contributed by atoms with Crippen LogP contribution in [0.1, 0.15) is 31.2 Å². The van der Waals surface area contributed by atoms with Crippen molar-refractivity contribution in [3.63, 3.8) is 0 Å². The van der Waals surface area contributed by atoms with Crippen molar-refractivity contribution in [3.8, 4) is 0 Å². The molecule has 1 aromatic carbocycles. The molecule has 0 saturated heterocycles. The van der Waals surface area contributed by atoms with Gasteiger partial charge in [-0.2, -0.15) is 0 Å². The van der Waals surface area contributed by atoms with Gasteiger partial charge in [0, 0.05) is 18.3 Å². The Hall–Kier alpha value is -1.54. The van der Waals surface area contributed by atoms with Gasteiger partial charge < -0.3 is 9.67 Å². The van der Waals surface area contributed by atoms with E-state index in [9.17, 15) is 0 Å². The van der Waals surface area contributed by atoms with Crippen molar-refractivity contribution < 1.29 is 5.11 Å². The van der Waals surface area contributed by atoms with Crippen LogP contribution in [-0.2, 0) is 13.2 Å². The molecule has 2 heteroatoms. The summed E-state index contributed by atoms with van der Waals surface area (Å²) in [6, 6.07) is 8.28. The van der Waals surface area contributed by atoms with Gasteiger partial charge in [0.2, 0.25) is 0 Å². The largest absolute Gasteiger partial charge is 0.392 e. The minimum atomic E-state index is 0.114. The highest BCUT2D eigenvalue weighted by Gasteiger charge is 2.01. The zero-order valence-electron chi connectivity index (χ0n) is 10.8. The number of fused-ring (bicyclic) bond motifs is 1. The average Bonchev–Trinajstić information content (AvgIpc) is 2.81. The predicted octanol–water partition coefficient (Wildman–Crippen LogP) is 3.88. The maximum absolute atomic E-state index is 9.11. The maximum atomic E-state index is 9.11. The molecule has 0 fully saturated rings. The van der Waals surface area contributed by atoms with Crippen LogP contribution in [0, 0.1) is 0 Å². The summed E-state index contributed by atoms with van der Waals surface area (Å²) < 4.78 is 2.30. The fraction of sp³-hybridized carbons (Fsp3) is 0.375. The molecule has 0 radical (unpaired) electrons. The molecule has 0 saturated carbocycles. The molecule has 2 aromatic rings. The van der Waals surface area contributed by atoms with E-state index in [0.29, 0.717) is 0 Å². The number of unbranched alkanes of at least 4 members (excludes halogenated alkanes) is 3. The van der Waals surface area contributed by atoms with Gasteiger partial charge in [-0.1, -0.05) is 18.6 Å². The maximum Gasteiger partial charge on any atom is 0.0682 e. The molecule has 2 nitrogen and oxygen atoms in total. The predicted molar refractivity (Wildman–Crippen MR) is 76.5 cm³/mol. The second-order valence-electron chi connectivity index (χ2n) is 4.70. The summed E-state index contributed by atoms with van der Waals surface area (Å²) in [4.78, 5) is 0. The van der Waals surface area contributed by atoms with Gasteiger partial charge in [0.15, 0.2) is 0 Å². The highest BCUT2D eigenvalue weighted by Crippen LogP contribution is 2.18. The van der Waals surface area contributed by atoms with Crippen LogP contribution in [0.3, 0.4) is 0 Å². The number of aliphatic hydroxyl groups excluding tert-OH is 1. The number of hydrogen-bond acceptors (Lipinski definition) is 1. The van der Waals surface area contributed by atoms with Crippen LogP contribution in [0.5, 0.6) is 0 Å². The van der Waals surface area contributed by atoms with Gasteiger partial charge in [0.1, 0.15) is 0 Å². The van der Waals surface area contributed by atoms with Crippen LogP contribution < -0.4 is 0 Å². The summed E-state index contributed by atoms with van der Waals surface area (Å²) in [7, 11) is 0. The van der Waals surface area contributed by atoms with Gasteiger partial charge in [-0.15, -0.1) is 6.58 Å². The number of aliphatic hydroxyl groups is 1. The van der Waals surface area contributed by atoms with Crippen molar-refractivity contribution >= 4 is 10.9 Å². The van der Waals surface area contributed by atoms with Crippen molar-refractivity contribution in [2.75, 3.05) is 0 Å². The van der Waals surface area contributed by atoms with E-state index < -0.39 is 0 Å². The fourth-order valence-electron chi connectivity index (χ4n) is 2.29. The van der Waals surface area contributed by atoms with Crippen LogP contribution in [0.4, 0.5) is 0 Å². The third-order valence-electron chi connectivity index (χ3n) is 3.33. The highest BCUT2D eigenvalue weighted by atomic mass is 16.3. The van der Waals surface area contributed by atoms with Crippen molar-refractivity contribution in [1.29, 1.82) is 0 Å². The normalized spacial score (nSPS) is 10.9. The minimum absolute atomic E-state index is 0.114. The fourth-order valence-corrected chi connectivity index (χ4v) is 2.29. The molecule has 18 heavy (non-hydrogen) atoms. The van der Waals surface area contributed by atoms with Crippen molar-refractivity contribution in [2.24, 2.45) is 0 Å². The van der Waals surface area contributed by atoms with E-state index in [0.717, 1.165) is 18.5 Å². The molecule has 0 aliphatic heterocycles. The third kappa shape index (κ3) is 3.02. The van der Waals surface area contributed by atoms with E-state index in [1.165, 1.54) is 30.2 Å². The van der Waals surface area contributed by atoms with Crippen molar-refractivity contribution in [2.45, 2.75) is 38.8 Å². The van der Waals surface area contributed by atoms with Gasteiger partial charge >= 0.3 is 0 Å². The molecular weight excluding hydrogens is 222 g/mol. The smallest absolute Gasteiger partial charge is 0.0682 e. The number of allylic oxidation sites excluding steroid dienone is 1. The molecule has 1 N–H and O–H groups in total. The molecule has 0 aliphatic rings. The molecule has 0 unspecified atom stereocenters. The topological polar surface area (TPSA) is 25.2 Å². The lowest BCUT2D eigenvalue weighted by Crippen LogP contribution is -1.96. The monoisotopic (exact) mass is 243 g/mol. The summed E-state index contributed by atoms with van der Waals surface area (Å²) >= 11 is 0. The molecular formula is C16H21NO. The standard InChI is InChI=1S/C16H21NO/c1-2-3-4-5-6-10-17-11-9-15-12-14(13-18)7-8-16(15)17/h2,7-9,11-12,18H,1,3-6,10,13H2. The Balaban J connectivity index is 1.98. The number of rotatable bonds is 7. The molecule has 0 aliphatic carbocycles. The van der Waals surface area contributed by atoms with E-state index in [2.05, 4.69) is 35.5 Å². The Morgan fingerprint density at radius 3 is 2.83 bits per heavy atom. The number of aryl methyl sites for hydroxylation is 1. The SMILES string of the molecule is C=CCCCCCn1ccc2cc(CO)ccc21. The number of hydrogen-bond donors (Lipinski definition) is 1. The Morgan fingerprint density at radius 1 is 1.17 bits per heavy atom. The van der Waals surface area contributed by atoms with Gasteiger partial charge in [-0.3, -0.25) is 0 Å². The average molecular weight is 243 g/mol. The highest BCUT2D eigenvalue weighted by molar-refractivity contribution is 5.80. The zero-order chi connectivity index (χ0) is 12.8. The van der Waals surface area contributed by atoms with Gasteiger partial charge in [-0.05, 0) is 48.4 Å². The molecule has 96 valence electrons. The lowest BCUT2D eigenvalue weighted by molar-refractivity contribution is 0.282. The number of aromatic nitrogens is 1. The van der Waals surface area contributed by atoms with Crippen LogP contribution in [0.25, 0.3) is 10.9 Å². The molecule has 0 atom stereocenters. The van der Waals surface area contributed by atoms with E-state index in [-0.39, 0.29) is 6.61 Å². The molecule has 0 amide bonds. The summed E-state index contributed by atoms with van der Waals surface area (Å²) in [5.41, 5.74) is 2.24. The van der Waals surface area contributed by atoms with E-state index >= 15 is 0 Å². The van der Waals surface area contributed by atoms with Gasteiger partial charge in [-0.25, -0.2) is 0 Å². The van der Waals surface area contributed by atoms with E-state index in [1.807, 2.05) is 12.1 Å². The second kappa shape index (κ2) is 6.41. The summed E-state index contributed by atoms with van der Waals surface area (Å²) in [5, 5.41) is 10.3. The first kappa shape index (κ1) is 12.9. The Labute approximate surface area is 109 Å². The Bertz CT molecular complexity index is 513. The minimum Gasteiger partial charge on any atom is -0.392 e. The van der Waals surface area contributed by atoms with Crippen molar-refractivity contribution in [3.05, 3.63) is 48.7 Å². The van der Waals surface area contributed by atoms with Crippen LogP contribution >= 0.6 is 0 Å². The van der Waals surface area contributed by atoms with Gasteiger partial charge in [0.25, 0.3) is 0 Å².